The van der Waals surface area contributed by atoms with Gasteiger partial charge in [-0.05, 0) is 43.0 Å². The second kappa shape index (κ2) is 7.17. The van der Waals surface area contributed by atoms with Gasteiger partial charge in [0.15, 0.2) is 0 Å². The van der Waals surface area contributed by atoms with Crippen molar-refractivity contribution in [2.75, 3.05) is 6.54 Å². The Labute approximate surface area is 110 Å². The van der Waals surface area contributed by atoms with Crippen LogP contribution in [-0.4, -0.2) is 18.5 Å². The van der Waals surface area contributed by atoms with Crippen LogP contribution in [0.2, 0.25) is 0 Å². The third-order valence-electron chi connectivity index (χ3n) is 3.22. The Bertz CT molecular complexity index is 371. The summed E-state index contributed by atoms with van der Waals surface area (Å²) in [6.45, 7) is 6.89. The summed E-state index contributed by atoms with van der Waals surface area (Å²) in [6.07, 6.45) is 1.81. The average molecular weight is 248 g/mol. The van der Waals surface area contributed by atoms with Crippen molar-refractivity contribution in [1.29, 1.82) is 0 Å². The Morgan fingerprint density at radius 1 is 1.28 bits per heavy atom. The highest BCUT2D eigenvalue weighted by atomic mass is 16.1. The zero-order chi connectivity index (χ0) is 13.5. The van der Waals surface area contributed by atoms with E-state index in [1.807, 2.05) is 24.3 Å². The molecule has 0 radical (unpaired) electrons. The molecule has 0 aliphatic carbocycles. The molecule has 100 valence electrons. The van der Waals surface area contributed by atoms with Crippen LogP contribution in [0.4, 0.5) is 0 Å². The number of benzene rings is 1. The largest absolute Gasteiger partial charge is 0.349 e. The van der Waals surface area contributed by atoms with Gasteiger partial charge in [-0.25, -0.2) is 0 Å². The van der Waals surface area contributed by atoms with E-state index in [9.17, 15) is 4.79 Å². The van der Waals surface area contributed by atoms with Crippen molar-refractivity contribution >= 4 is 5.91 Å². The molecule has 1 rings (SSSR count). The van der Waals surface area contributed by atoms with Crippen molar-refractivity contribution in [3.63, 3.8) is 0 Å². The molecular formula is C15H24N2O. The Balaban J connectivity index is 2.67. The second-order valence-electron chi connectivity index (χ2n) is 4.95. The predicted molar refractivity (Wildman–Crippen MR) is 75.6 cm³/mol. The van der Waals surface area contributed by atoms with Crippen molar-refractivity contribution in [1.82, 2.24) is 5.32 Å². The number of amides is 1. The maximum atomic E-state index is 12.1. The van der Waals surface area contributed by atoms with Gasteiger partial charge in [0.1, 0.15) is 0 Å². The molecule has 18 heavy (non-hydrogen) atoms. The summed E-state index contributed by atoms with van der Waals surface area (Å²) >= 11 is 0. The van der Waals surface area contributed by atoms with Crippen LogP contribution in [0.1, 0.15) is 43.1 Å². The minimum Gasteiger partial charge on any atom is -0.349 e. The van der Waals surface area contributed by atoms with Crippen molar-refractivity contribution in [2.45, 2.75) is 39.7 Å². The molecule has 0 aromatic heterocycles. The van der Waals surface area contributed by atoms with Gasteiger partial charge in [-0.1, -0.05) is 32.9 Å². The lowest BCUT2D eigenvalue weighted by molar-refractivity contribution is 0.0924. The third kappa shape index (κ3) is 4.15. The van der Waals surface area contributed by atoms with E-state index in [1.54, 1.807) is 0 Å². The molecule has 1 aromatic rings. The number of hydrogen-bond acceptors (Lipinski definition) is 2. The number of nitrogens with one attached hydrogen (secondary N) is 1. The molecule has 0 spiro atoms. The smallest absolute Gasteiger partial charge is 0.251 e. The van der Waals surface area contributed by atoms with Crippen molar-refractivity contribution in [3.05, 3.63) is 35.4 Å². The van der Waals surface area contributed by atoms with Gasteiger partial charge in [0.25, 0.3) is 5.91 Å². The van der Waals surface area contributed by atoms with Crippen molar-refractivity contribution in [3.8, 4) is 0 Å². The number of rotatable bonds is 6. The van der Waals surface area contributed by atoms with Gasteiger partial charge in [-0.15, -0.1) is 0 Å². The first-order valence-electron chi connectivity index (χ1n) is 6.68. The van der Waals surface area contributed by atoms with Crippen LogP contribution in [-0.2, 0) is 6.42 Å². The van der Waals surface area contributed by atoms with Gasteiger partial charge in [-0.2, -0.15) is 0 Å². The summed E-state index contributed by atoms with van der Waals surface area (Å²) < 4.78 is 0. The highest BCUT2D eigenvalue weighted by Gasteiger charge is 2.16. The summed E-state index contributed by atoms with van der Waals surface area (Å²) in [5, 5.41) is 3.05. The van der Waals surface area contributed by atoms with E-state index in [0.29, 0.717) is 12.5 Å². The molecule has 1 aromatic carbocycles. The van der Waals surface area contributed by atoms with Crippen LogP contribution in [0.15, 0.2) is 24.3 Å². The molecule has 0 saturated carbocycles. The highest BCUT2D eigenvalue weighted by Crippen LogP contribution is 2.09. The fourth-order valence-corrected chi connectivity index (χ4v) is 1.90. The molecule has 1 atom stereocenters. The minimum absolute atomic E-state index is 0.00944. The Hall–Kier alpha value is -1.35. The maximum absolute atomic E-state index is 12.1. The molecule has 3 N–H and O–H groups in total. The van der Waals surface area contributed by atoms with Gasteiger partial charge in [-0.3, -0.25) is 4.79 Å². The van der Waals surface area contributed by atoms with E-state index < -0.39 is 0 Å². The van der Waals surface area contributed by atoms with Gasteiger partial charge in [0, 0.05) is 11.6 Å². The molecule has 0 aliphatic rings. The number of nitrogens with two attached hydrogens (primary N) is 1. The van der Waals surface area contributed by atoms with Gasteiger partial charge < -0.3 is 11.1 Å². The summed E-state index contributed by atoms with van der Waals surface area (Å²) in [5.74, 6) is 0.386. The van der Waals surface area contributed by atoms with Gasteiger partial charge in [0.2, 0.25) is 0 Å². The van der Waals surface area contributed by atoms with E-state index in [2.05, 4.69) is 26.1 Å². The Morgan fingerprint density at radius 3 is 2.33 bits per heavy atom. The monoisotopic (exact) mass is 248 g/mol. The number of aryl methyl sites for hydroxylation is 1. The lowest BCUT2D eigenvalue weighted by Crippen LogP contribution is -2.39. The molecule has 0 bridgehead atoms. The summed E-state index contributed by atoms with van der Waals surface area (Å²) in [5.41, 5.74) is 7.53. The standard InChI is InChI=1S/C15H24N2O/c1-4-12-5-7-13(8-6-12)15(18)17-14(9-10-16)11(2)3/h5-8,11,14H,4,9-10,16H2,1-3H3,(H,17,18). The van der Waals surface area contributed by atoms with E-state index in [-0.39, 0.29) is 11.9 Å². The Morgan fingerprint density at radius 2 is 1.89 bits per heavy atom. The summed E-state index contributed by atoms with van der Waals surface area (Å²) in [6, 6.07) is 7.92. The third-order valence-corrected chi connectivity index (χ3v) is 3.22. The second-order valence-corrected chi connectivity index (χ2v) is 4.95. The first-order chi connectivity index (χ1) is 8.58. The van der Waals surface area contributed by atoms with Crippen LogP contribution in [0, 0.1) is 5.92 Å². The molecule has 0 fully saturated rings. The first-order valence-corrected chi connectivity index (χ1v) is 6.68. The summed E-state index contributed by atoms with van der Waals surface area (Å²) in [4.78, 5) is 12.1. The van der Waals surface area contributed by atoms with Crippen LogP contribution in [0.25, 0.3) is 0 Å². The minimum atomic E-state index is -0.00944. The van der Waals surface area contributed by atoms with Crippen LogP contribution in [0.5, 0.6) is 0 Å². The lowest BCUT2D eigenvalue weighted by Gasteiger charge is -2.21. The highest BCUT2D eigenvalue weighted by molar-refractivity contribution is 5.94. The topological polar surface area (TPSA) is 55.1 Å². The molecule has 1 unspecified atom stereocenters. The van der Waals surface area contributed by atoms with E-state index >= 15 is 0 Å². The maximum Gasteiger partial charge on any atom is 0.251 e. The first kappa shape index (κ1) is 14.7. The molecule has 3 nitrogen and oxygen atoms in total. The van der Waals surface area contributed by atoms with Gasteiger partial charge >= 0.3 is 0 Å². The summed E-state index contributed by atoms with van der Waals surface area (Å²) in [7, 11) is 0. The van der Waals surface area contributed by atoms with Crippen LogP contribution >= 0.6 is 0 Å². The fourth-order valence-electron chi connectivity index (χ4n) is 1.90. The Kier molecular flexibility index (Phi) is 5.86. The predicted octanol–water partition coefficient (Wildman–Crippen LogP) is 2.35. The molecule has 3 heteroatoms. The molecule has 1 amide bonds. The normalized spacial score (nSPS) is 12.5. The van der Waals surface area contributed by atoms with Gasteiger partial charge in [0.05, 0.1) is 0 Å². The number of carbonyl (C=O) groups excluding carboxylic acids is 1. The van der Waals surface area contributed by atoms with Crippen LogP contribution in [0.3, 0.4) is 0 Å². The molecule has 0 aliphatic heterocycles. The SMILES string of the molecule is CCc1ccc(C(=O)NC(CCN)C(C)C)cc1. The average Bonchev–Trinajstić information content (AvgIpc) is 2.38. The fraction of sp³-hybridized carbons (Fsp3) is 0.533. The zero-order valence-electron chi connectivity index (χ0n) is 11.6. The van der Waals surface area contributed by atoms with Crippen molar-refractivity contribution < 1.29 is 4.79 Å². The van der Waals surface area contributed by atoms with E-state index in [4.69, 9.17) is 5.73 Å². The zero-order valence-corrected chi connectivity index (χ0v) is 11.6. The van der Waals surface area contributed by atoms with E-state index in [1.165, 1.54) is 5.56 Å². The number of hydrogen-bond donors (Lipinski definition) is 2. The van der Waals surface area contributed by atoms with E-state index in [0.717, 1.165) is 18.4 Å². The molecular weight excluding hydrogens is 224 g/mol. The van der Waals surface area contributed by atoms with Crippen LogP contribution < -0.4 is 11.1 Å². The lowest BCUT2D eigenvalue weighted by atomic mass is 10.0. The number of carbonyl (C=O) groups is 1. The quantitative estimate of drug-likeness (QED) is 0.812. The molecule has 0 heterocycles. The van der Waals surface area contributed by atoms with Crippen molar-refractivity contribution in [2.24, 2.45) is 11.7 Å². The molecule has 0 saturated heterocycles.